The van der Waals surface area contributed by atoms with E-state index in [2.05, 4.69) is 10.1 Å². The number of anilines is 1. The number of amides is 1. The van der Waals surface area contributed by atoms with Crippen molar-refractivity contribution in [3.8, 4) is 0 Å². The average Bonchev–Trinajstić information content (AvgIpc) is 2.69. The van der Waals surface area contributed by atoms with E-state index < -0.39 is 5.97 Å². The predicted octanol–water partition coefficient (Wildman–Crippen LogP) is 0.769. The molecule has 0 saturated heterocycles. The molecular weight excluding hydrogens is 274 g/mol. The van der Waals surface area contributed by atoms with Gasteiger partial charge in [0.25, 0.3) is 0 Å². The van der Waals surface area contributed by atoms with E-state index in [-0.39, 0.29) is 24.4 Å². The highest BCUT2D eigenvalue weighted by Gasteiger charge is 2.10. The molecule has 1 N–H and O–H groups in total. The number of aryl methyl sites for hydroxylation is 2. The second-order valence-corrected chi connectivity index (χ2v) is 4.73. The minimum Gasteiger partial charge on any atom is -0.469 e. The summed E-state index contributed by atoms with van der Waals surface area (Å²) in [5.74, 6) is -0.702. The van der Waals surface area contributed by atoms with Gasteiger partial charge in [-0.25, -0.2) is 4.79 Å². The molecule has 0 radical (unpaired) electrons. The van der Waals surface area contributed by atoms with Crippen LogP contribution in [-0.2, 0) is 28.4 Å². The molecule has 0 spiro atoms. The average molecular weight is 291 g/mol. The molecule has 1 heterocycles. The van der Waals surface area contributed by atoms with Gasteiger partial charge in [-0.3, -0.25) is 18.7 Å². The molecule has 0 atom stereocenters. The molecule has 1 aromatic heterocycles. The van der Waals surface area contributed by atoms with Crippen LogP contribution in [0.4, 0.5) is 5.69 Å². The van der Waals surface area contributed by atoms with Crippen molar-refractivity contribution in [1.82, 2.24) is 9.13 Å². The van der Waals surface area contributed by atoms with E-state index in [1.54, 1.807) is 32.3 Å². The topological polar surface area (TPSA) is 82.3 Å². The van der Waals surface area contributed by atoms with Gasteiger partial charge in [0.05, 0.1) is 24.6 Å². The highest BCUT2D eigenvalue weighted by atomic mass is 16.5. The number of carbonyl (C=O) groups is 2. The van der Waals surface area contributed by atoms with Crippen LogP contribution in [0.1, 0.15) is 12.8 Å². The molecule has 21 heavy (non-hydrogen) atoms. The van der Waals surface area contributed by atoms with Crippen LogP contribution in [0.25, 0.3) is 11.0 Å². The zero-order valence-electron chi connectivity index (χ0n) is 12.2. The van der Waals surface area contributed by atoms with E-state index in [4.69, 9.17) is 0 Å². The zero-order valence-corrected chi connectivity index (χ0v) is 12.2. The van der Waals surface area contributed by atoms with Gasteiger partial charge in [0.2, 0.25) is 5.91 Å². The summed E-state index contributed by atoms with van der Waals surface area (Å²) in [5.41, 5.74) is 1.97. The van der Waals surface area contributed by atoms with Crippen LogP contribution < -0.4 is 11.0 Å². The molecule has 1 amide bonds. The van der Waals surface area contributed by atoms with Gasteiger partial charge in [0.15, 0.2) is 0 Å². The Morgan fingerprint density at radius 3 is 2.48 bits per heavy atom. The number of ether oxygens (including phenoxy) is 1. The summed E-state index contributed by atoms with van der Waals surface area (Å²) in [6.45, 7) is 0. The number of methoxy groups -OCH3 is 1. The van der Waals surface area contributed by atoms with Gasteiger partial charge >= 0.3 is 11.7 Å². The molecule has 0 aliphatic heterocycles. The van der Waals surface area contributed by atoms with Gasteiger partial charge in [-0.05, 0) is 18.2 Å². The second kappa shape index (κ2) is 5.82. The molecule has 0 aliphatic rings. The number of fused-ring (bicyclic) bond motifs is 1. The first-order chi connectivity index (χ1) is 9.93. The molecule has 2 rings (SSSR count). The van der Waals surface area contributed by atoms with E-state index in [0.717, 1.165) is 11.0 Å². The zero-order chi connectivity index (χ0) is 15.6. The Bertz CT molecular complexity index is 757. The third kappa shape index (κ3) is 2.96. The van der Waals surface area contributed by atoms with E-state index in [9.17, 15) is 14.4 Å². The van der Waals surface area contributed by atoms with Crippen LogP contribution in [0.3, 0.4) is 0 Å². The fourth-order valence-electron chi connectivity index (χ4n) is 2.13. The van der Waals surface area contributed by atoms with Crippen LogP contribution >= 0.6 is 0 Å². The Labute approximate surface area is 121 Å². The third-order valence-electron chi connectivity index (χ3n) is 3.34. The van der Waals surface area contributed by atoms with Gasteiger partial charge in [-0.1, -0.05) is 0 Å². The molecule has 0 saturated carbocycles. The molecule has 7 nitrogen and oxygen atoms in total. The maximum atomic E-state index is 11.8. The van der Waals surface area contributed by atoms with Gasteiger partial charge in [0.1, 0.15) is 0 Å². The summed E-state index contributed by atoms with van der Waals surface area (Å²) < 4.78 is 7.53. The SMILES string of the molecule is COC(=O)CCC(=O)Nc1ccc2c(c1)n(C)c(=O)n2C. The van der Waals surface area contributed by atoms with Crippen molar-refractivity contribution in [2.75, 3.05) is 12.4 Å². The van der Waals surface area contributed by atoms with Gasteiger partial charge in [-0.15, -0.1) is 0 Å². The van der Waals surface area contributed by atoms with Gasteiger partial charge in [-0.2, -0.15) is 0 Å². The van der Waals surface area contributed by atoms with Crippen molar-refractivity contribution < 1.29 is 14.3 Å². The van der Waals surface area contributed by atoms with E-state index in [0.29, 0.717) is 5.69 Å². The first-order valence-electron chi connectivity index (χ1n) is 6.46. The Kier molecular flexibility index (Phi) is 4.11. The van der Waals surface area contributed by atoms with E-state index >= 15 is 0 Å². The number of rotatable bonds is 4. The lowest BCUT2D eigenvalue weighted by atomic mass is 10.2. The summed E-state index contributed by atoms with van der Waals surface area (Å²) in [5, 5.41) is 2.70. The molecule has 0 bridgehead atoms. The Morgan fingerprint density at radius 1 is 1.14 bits per heavy atom. The van der Waals surface area contributed by atoms with Crippen molar-refractivity contribution in [3.63, 3.8) is 0 Å². The predicted molar refractivity (Wildman–Crippen MR) is 78.0 cm³/mol. The minimum atomic E-state index is -0.425. The molecule has 7 heteroatoms. The van der Waals surface area contributed by atoms with Crippen molar-refractivity contribution >= 4 is 28.6 Å². The summed E-state index contributed by atoms with van der Waals surface area (Å²) in [7, 11) is 4.65. The summed E-state index contributed by atoms with van der Waals surface area (Å²) in [6.07, 6.45) is 0.0901. The quantitative estimate of drug-likeness (QED) is 0.843. The molecular formula is C14H17N3O4. The Morgan fingerprint density at radius 2 is 1.81 bits per heavy atom. The van der Waals surface area contributed by atoms with Gasteiger partial charge in [0, 0.05) is 26.2 Å². The molecule has 0 unspecified atom stereocenters. The van der Waals surface area contributed by atoms with Gasteiger partial charge < -0.3 is 10.1 Å². The monoisotopic (exact) mass is 291 g/mol. The van der Waals surface area contributed by atoms with Crippen molar-refractivity contribution in [2.45, 2.75) is 12.8 Å². The maximum Gasteiger partial charge on any atom is 0.328 e. The van der Waals surface area contributed by atoms with Crippen molar-refractivity contribution in [3.05, 3.63) is 28.7 Å². The standard InChI is InChI=1S/C14H17N3O4/c1-16-10-5-4-9(8-11(10)17(2)14(16)20)15-12(18)6-7-13(19)21-3/h4-5,8H,6-7H2,1-3H3,(H,15,18). The number of aromatic nitrogens is 2. The Balaban J connectivity index is 2.16. The third-order valence-corrected chi connectivity index (χ3v) is 3.34. The van der Waals surface area contributed by atoms with Crippen LogP contribution in [-0.4, -0.2) is 28.1 Å². The number of carbonyl (C=O) groups excluding carboxylic acids is 2. The summed E-state index contributed by atoms with van der Waals surface area (Å²) in [4.78, 5) is 34.5. The highest BCUT2D eigenvalue weighted by molar-refractivity contribution is 5.94. The van der Waals surface area contributed by atoms with Crippen LogP contribution in [0.15, 0.2) is 23.0 Å². The molecule has 0 aliphatic carbocycles. The summed E-state index contributed by atoms with van der Waals surface area (Å²) >= 11 is 0. The number of hydrogen-bond donors (Lipinski definition) is 1. The smallest absolute Gasteiger partial charge is 0.328 e. The highest BCUT2D eigenvalue weighted by Crippen LogP contribution is 2.17. The van der Waals surface area contributed by atoms with E-state index in [1.807, 2.05) is 0 Å². The van der Waals surface area contributed by atoms with Crippen molar-refractivity contribution in [2.24, 2.45) is 14.1 Å². The van der Waals surface area contributed by atoms with Crippen LogP contribution in [0.2, 0.25) is 0 Å². The lowest BCUT2D eigenvalue weighted by Gasteiger charge is -2.05. The molecule has 0 fully saturated rings. The number of nitrogens with one attached hydrogen (secondary N) is 1. The number of esters is 1. The normalized spacial score (nSPS) is 10.6. The number of nitrogens with zero attached hydrogens (tertiary/aromatic N) is 2. The maximum absolute atomic E-state index is 11.8. The minimum absolute atomic E-state index is 0.0361. The number of imidazole rings is 1. The van der Waals surface area contributed by atoms with Crippen molar-refractivity contribution in [1.29, 1.82) is 0 Å². The number of hydrogen-bond acceptors (Lipinski definition) is 4. The molecule has 112 valence electrons. The fraction of sp³-hybridized carbons (Fsp3) is 0.357. The largest absolute Gasteiger partial charge is 0.469 e. The first kappa shape index (κ1) is 14.8. The summed E-state index contributed by atoms with van der Waals surface area (Å²) in [6, 6.07) is 5.22. The van der Waals surface area contributed by atoms with E-state index in [1.165, 1.54) is 16.2 Å². The first-order valence-corrected chi connectivity index (χ1v) is 6.46. The lowest BCUT2D eigenvalue weighted by molar-refractivity contribution is -0.141. The molecule has 2 aromatic rings. The lowest BCUT2D eigenvalue weighted by Crippen LogP contribution is -2.19. The second-order valence-electron chi connectivity index (χ2n) is 4.73. The molecule has 1 aromatic carbocycles. The fourth-order valence-corrected chi connectivity index (χ4v) is 2.13. The van der Waals surface area contributed by atoms with Crippen LogP contribution in [0.5, 0.6) is 0 Å². The number of benzene rings is 1. The van der Waals surface area contributed by atoms with Crippen LogP contribution in [0, 0.1) is 0 Å². The Hall–Kier alpha value is -2.57.